The zero-order chi connectivity index (χ0) is 14.8. The Kier molecular flexibility index (Phi) is 4.45. The number of carbonyl (C=O) groups excluding carboxylic acids is 1. The highest BCUT2D eigenvalue weighted by Gasteiger charge is 2.31. The molecule has 0 N–H and O–H groups in total. The van der Waals surface area contributed by atoms with Crippen LogP contribution in [0.15, 0.2) is 24.3 Å². The Morgan fingerprint density at radius 2 is 2.00 bits per heavy atom. The molecule has 0 unspecified atom stereocenters. The molecule has 0 aliphatic carbocycles. The largest absolute Gasteiger partial charge is 0.496 e. The van der Waals surface area contributed by atoms with Crippen molar-refractivity contribution in [1.29, 1.82) is 0 Å². The minimum atomic E-state index is 0.110. The van der Waals surface area contributed by atoms with Gasteiger partial charge in [0.2, 0.25) is 0 Å². The number of nitrogens with zero attached hydrogens (tertiary/aromatic N) is 2. The first-order chi connectivity index (χ1) is 9.44. The summed E-state index contributed by atoms with van der Waals surface area (Å²) in [4.78, 5) is 17.0. The number of likely N-dealkylation sites (N-methyl/N-ethyl adjacent to an activating group) is 1. The summed E-state index contributed by atoms with van der Waals surface area (Å²) in [6.07, 6.45) is 0. The number of rotatable bonds is 4. The molecule has 1 saturated heterocycles. The number of Topliss-reactive ketones (excluding diaryl/α,β-unsaturated/α-hetero) is 1. The van der Waals surface area contributed by atoms with Crippen LogP contribution in [-0.2, 0) is 0 Å². The summed E-state index contributed by atoms with van der Waals surface area (Å²) in [6.45, 7) is 7.72. The van der Waals surface area contributed by atoms with Crippen LogP contribution in [0.2, 0.25) is 0 Å². The van der Waals surface area contributed by atoms with E-state index < -0.39 is 0 Å². The standard InChI is InChI=1S/C16H24N2O2/c1-16(2)12-18(10-9-17(16)3)11-14(19)13-7-5-6-8-15(13)20-4/h5-8H,9-12H2,1-4H3. The molecular weight excluding hydrogens is 252 g/mol. The Morgan fingerprint density at radius 1 is 1.30 bits per heavy atom. The third-order valence-corrected chi connectivity index (χ3v) is 4.17. The van der Waals surface area contributed by atoms with Gasteiger partial charge in [-0.1, -0.05) is 12.1 Å². The van der Waals surface area contributed by atoms with E-state index in [0.717, 1.165) is 19.6 Å². The number of benzene rings is 1. The van der Waals surface area contributed by atoms with Crippen molar-refractivity contribution in [3.63, 3.8) is 0 Å². The van der Waals surface area contributed by atoms with Gasteiger partial charge in [0.1, 0.15) is 5.75 Å². The van der Waals surface area contributed by atoms with Crippen molar-refractivity contribution in [3.05, 3.63) is 29.8 Å². The quantitative estimate of drug-likeness (QED) is 0.786. The van der Waals surface area contributed by atoms with Crippen molar-refractivity contribution in [2.45, 2.75) is 19.4 Å². The van der Waals surface area contributed by atoms with E-state index in [2.05, 4.69) is 30.7 Å². The van der Waals surface area contributed by atoms with Crippen LogP contribution in [0.1, 0.15) is 24.2 Å². The third-order valence-electron chi connectivity index (χ3n) is 4.17. The van der Waals surface area contributed by atoms with E-state index in [1.54, 1.807) is 7.11 Å². The van der Waals surface area contributed by atoms with Gasteiger partial charge in [0.15, 0.2) is 5.78 Å². The molecule has 2 rings (SSSR count). The fourth-order valence-electron chi connectivity index (χ4n) is 2.64. The van der Waals surface area contributed by atoms with Crippen LogP contribution in [0.3, 0.4) is 0 Å². The molecule has 0 bridgehead atoms. The number of carbonyl (C=O) groups is 1. The van der Waals surface area contributed by atoms with E-state index in [-0.39, 0.29) is 11.3 Å². The van der Waals surface area contributed by atoms with Crippen molar-refractivity contribution in [1.82, 2.24) is 9.80 Å². The van der Waals surface area contributed by atoms with E-state index in [1.165, 1.54) is 0 Å². The molecule has 0 saturated carbocycles. The normalized spacial score (nSPS) is 19.8. The first-order valence-electron chi connectivity index (χ1n) is 7.04. The van der Waals surface area contributed by atoms with Gasteiger partial charge < -0.3 is 4.74 Å². The summed E-state index contributed by atoms with van der Waals surface area (Å²) in [7, 11) is 3.74. The van der Waals surface area contributed by atoms with Gasteiger partial charge in [0.25, 0.3) is 0 Å². The van der Waals surface area contributed by atoms with Gasteiger partial charge in [-0.15, -0.1) is 0 Å². The lowest BCUT2D eigenvalue weighted by Gasteiger charge is -2.45. The molecule has 1 aromatic rings. The third kappa shape index (κ3) is 3.19. The Bertz CT molecular complexity index is 485. The number of ether oxygens (including phenoxy) is 1. The summed E-state index contributed by atoms with van der Waals surface area (Å²) in [5.41, 5.74) is 0.783. The molecule has 4 heteroatoms. The van der Waals surface area contributed by atoms with Gasteiger partial charge >= 0.3 is 0 Å². The number of piperazine rings is 1. The molecule has 0 spiro atoms. The van der Waals surface area contributed by atoms with Crippen molar-refractivity contribution in [3.8, 4) is 5.75 Å². The van der Waals surface area contributed by atoms with E-state index in [4.69, 9.17) is 4.74 Å². The predicted octanol–water partition coefficient (Wildman–Crippen LogP) is 1.90. The lowest BCUT2D eigenvalue weighted by Crippen LogP contribution is -2.58. The summed E-state index contributed by atoms with van der Waals surface area (Å²) >= 11 is 0. The van der Waals surface area contributed by atoms with Gasteiger partial charge in [0, 0.05) is 25.2 Å². The number of ketones is 1. The van der Waals surface area contributed by atoms with E-state index in [9.17, 15) is 4.79 Å². The number of para-hydroxylation sites is 1. The number of hydrogen-bond donors (Lipinski definition) is 0. The van der Waals surface area contributed by atoms with Crippen LogP contribution in [0.25, 0.3) is 0 Å². The molecular formula is C16H24N2O2. The first kappa shape index (κ1) is 15.0. The van der Waals surface area contributed by atoms with Crippen molar-refractivity contribution >= 4 is 5.78 Å². The van der Waals surface area contributed by atoms with Gasteiger partial charge in [-0.3, -0.25) is 14.6 Å². The van der Waals surface area contributed by atoms with E-state index in [1.807, 2.05) is 24.3 Å². The van der Waals surface area contributed by atoms with Crippen LogP contribution in [0.5, 0.6) is 5.75 Å². The SMILES string of the molecule is COc1ccccc1C(=O)CN1CCN(C)C(C)(C)C1. The average Bonchev–Trinajstić information content (AvgIpc) is 2.42. The number of methoxy groups -OCH3 is 1. The van der Waals surface area contributed by atoms with Crippen LogP contribution >= 0.6 is 0 Å². The highest BCUT2D eigenvalue weighted by molar-refractivity contribution is 6.00. The Morgan fingerprint density at radius 3 is 2.65 bits per heavy atom. The maximum absolute atomic E-state index is 12.4. The second-order valence-electron chi connectivity index (χ2n) is 6.07. The molecule has 0 radical (unpaired) electrons. The lowest BCUT2D eigenvalue weighted by atomic mass is 9.99. The fraction of sp³-hybridized carbons (Fsp3) is 0.562. The van der Waals surface area contributed by atoms with Gasteiger partial charge in [-0.05, 0) is 33.0 Å². The fourth-order valence-corrected chi connectivity index (χ4v) is 2.64. The molecule has 1 aliphatic rings. The molecule has 0 aromatic heterocycles. The second kappa shape index (κ2) is 5.94. The Hall–Kier alpha value is -1.39. The van der Waals surface area contributed by atoms with E-state index >= 15 is 0 Å². The monoisotopic (exact) mass is 276 g/mol. The Balaban J connectivity index is 2.05. The molecule has 1 aliphatic heterocycles. The predicted molar refractivity (Wildman–Crippen MR) is 80.5 cm³/mol. The topological polar surface area (TPSA) is 32.8 Å². The molecule has 1 heterocycles. The molecule has 20 heavy (non-hydrogen) atoms. The molecule has 1 fully saturated rings. The Labute approximate surface area is 121 Å². The maximum atomic E-state index is 12.4. The minimum Gasteiger partial charge on any atom is -0.496 e. The summed E-state index contributed by atoms with van der Waals surface area (Å²) in [6, 6.07) is 7.43. The molecule has 110 valence electrons. The molecule has 1 aromatic carbocycles. The van der Waals surface area contributed by atoms with Crippen molar-refractivity contribution < 1.29 is 9.53 Å². The maximum Gasteiger partial charge on any atom is 0.180 e. The smallest absolute Gasteiger partial charge is 0.180 e. The average molecular weight is 276 g/mol. The van der Waals surface area contributed by atoms with Gasteiger partial charge in [-0.2, -0.15) is 0 Å². The summed E-state index contributed by atoms with van der Waals surface area (Å²) in [5, 5.41) is 0. The molecule has 4 nitrogen and oxygen atoms in total. The number of hydrogen-bond acceptors (Lipinski definition) is 4. The summed E-state index contributed by atoms with van der Waals surface area (Å²) in [5.74, 6) is 0.786. The van der Waals surface area contributed by atoms with E-state index in [0.29, 0.717) is 17.9 Å². The zero-order valence-corrected chi connectivity index (χ0v) is 12.8. The lowest BCUT2D eigenvalue weighted by molar-refractivity contribution is 0.0389. The zero-order valence-electron chi connectivity index (χ0n) is 12.8. The highest BCUT2D eigenvalue weighted by Crippen LogP contribution is 2.21. The van der Waals surface area contributed by atoms with Gasteiger partial charge in [-0.25, -0.2) is 0 Å². The molecule has 0 atom stereocenters. The van der Waals surface area contributed by atoms with Crippen LogP contribution in [0, 0.1) is 0 Å². The van der Waals surface area contributed by atoms with Crippen LogP contribution in [0.4, 0.5) is 0 Å². The highest BCUT2D eigenvalue weighted by atomic mass is 16.5. The summed E-state index contributed by atoms with van der Waals surface area (Å²) < 4.78 is 5.27. The van der Waals surface area contributed by atoms with Gasteiger partial charge in [0.05, 0.1) is 19.2 Å². The van der Waals surface area contributed by atoms with Crippen LogP contribution < -0.4 is 4.74 Å². The minimum absolute atomic E-state index is 0.110. The first-order valence-corrected chi connectivity index (χ1v) is 7.04. The second-order valence-corrected chi connectivity index (χ2v) is 6.07. The van der Waals surface area contributed by atoms with Crippen molar-refractivity contribution in [2.24, 2.45) is 0 Å². The molecule has 0 amide bonds. The van der Waals surface area contributed by atoms with Crippen molar-refractivity contribution in [2.75, 3.05) is 40.3 Å². The van der Waals surface area contributed by atoms with Crippen LogP contribution in [-0.4, -0.2) is 61.5 Å².